The van der Waals surface area contributed by atoms with Crippen LogP contribution < -0.4 is 10.1 Å². The first-order valence-corrected chi connectivity index (χ1v) is 8.29. The molecule has 1 atom stereocenters. The Morgan fingerprint density at radius 3 is 2.87 bits per heavy atom. The number of aliphatic hydroxyl groups excluding tert-OH is 1. The number of hydrogen-bond acceptors (Lipinski definition) is 5. The number of nitrogens with one attached hydrogen (secondary N) is 1. The van der Waals surface area contributed by atoms with E-state index in [0.29, 0.717) is 16.5 Å². The Morgan fingerprint density at radius 1 is 1.43 bits per heavy atom. The molecule has 1 aromatic heterocycles. The zero-order valence-corrected chi connectivity index (χ0v) is 13.2. The van der Waals surface area contributed by atoms with Crippen molar-refractivity contribution in [2.24, 2.45) is 0 Å². The first-order chi connectivity index (χ1) is 11.1. The van der Waals surface area contributed by atoms with Crippen LogP contribution in [0.2, 0.25) is 0 Å². The molecule has 1 fully saturated rings. The summed E-state index contributed by atoms with van der Waals surface area (Å²) in [6, 6.07) is 5.54. The lowest BCUT2D eigenvalue weighted by Gasteiger charge is -2.13. The SMILES string of the molecule is O=C(NCC(O)COc1ccc(F)cc1)c1scnc1C1CC1. The summed E-state index contributed by atoms with van der Waals surface area (Å²) in [6.45, 7) is 0.103. The Hall–Kier alpha value is -1.99. The van der Waals surface area contributed by atoms with E-state index in [1.807, 2.05) is 0 Å². The van der Waals surface area contributed by atoms with Gasteiger partial charge in [-0.2, -0.15) is 0 Å². The monoisotopic (exact) mass is 336 g/mol. The highest BCUT2D eigenvalue weighted by Crippen LogP contribution is 2.41. The fourth-order valence-corrected chi connectivity index (χ4v) is 2.94. The van der Waals surface area contributed by atoms with Crippen molar-refractivity contribution in [3.63, 3.8) is 0 Å². The summed E-state index contributed by atoms with van der Waals surface area (Å²) in [5, 5.41) is 12.6. The van der Waals surface area contributed by atoms with Gasteiger partial charge in [-0.25, -0.2) is 9.37 Å². The number of carbonyl (C=O) groups is 1. The topological polar surface area (TPSA) is 71.5 Å². The van der Waals surface area contributed by atoms with Gasteiger partial charge in [0.2, 0.25) is 0 Å². The van der Waals surface area contributed by atoms with Gasteiger partial charge in [0.05, 0.1) is 11.2 Å². The molecule has 7 heteroatoms. The molecule has 2 aromatic rings. The summed E-state index contributed by atoms with van der Waals surface area (Å²) in [7, 11) is 0. The lowest BCUT2D eigenvalue weighted by atomic mass is 10.2. The highest BCUT2D eigenvalue weighted by Gasteiger charge is 2.30. The van der Waals surface area contributed by atoms with E-state index in [9.17, 15) is 14.3 Å². The van der Waals surface area contributed by atoms with Crippen LogP contribution >= 0.6 is 11.3 Å². The number of hydrogen-bond donors (Lipinski definition) is 2. The molecule has 23 heavy (non-hydrogen) atoms. The Kier molecular flexibility index (Phi) is 4.88. The molecule has 0 radical (unpaired) electrons. The second-order valence-corrected chi connectivity index (χ2v) is 6.32. The van der Waals surface area contributed by atoms with Crippen LogP contribution in [0, 0.1) is 5.82 Å². The minimum Gasteiger partial charge on any atom is -0.491 e. The third-order valence-corrected chi connectivity index (χ3v) is 4.36. The number of ether oxygens (including phenoxy) is 1. The smallest absolute Gasteiger partial charge is 0.263 e. The minimum atomic E-state index is -0.846. The molecular weight excluding hydrogens is 319 g/mol. The number of carbonyl (C=O) groups excluding carboxylic acids is 1. The third kappa shape index (κ3) is 4.27. The van der Waals surface area contributed by atoms with Gasteiger partial charge in [0, 0.05) is 12.5 Å². The minimum absolute atomic E-state index is 0.0179. The van der Waals surface area contributed by atoms with E-state index < -0.39 is 6.10 Å². The number of aliphatic hydroxyl groups is 1. The van der Waals surface area contributed by atoms with E-state index in [1.54, 1.807) is 5.51 Å². The van der Waals surface area contributed by atoms with Crippen molar-refractivity contribution < 1.29 is 19.0 Å². The third-order valence-electron chi connectivity index (χ3n) is 3.52. The van der Waals surface area contributed by atoms with Crippen LogP contribution in [0.15, 0.2) is 29.8 Å². The zero-order chi connectivity index (χ0) is 16.2. The highest BCUT2D eigenvalue weighted by atomic mass is 32.1. The Morgan fingerprint density at radius 2 is 2.17 bits per heavy atom. The van der Waals surface area contributed by atoms with Gasteiger partial charge in [0.15, 0.2) is 0 Å². The van der Waals surface area contributed by atoms with Crippen molar-refractivity contribution in [2.75, 3.05) is 13.2 Å². The molecule has 0 saturated heterocycles. The van der Waals surface area contributed by atoms with Crippen molar-refractivity contribution in [3.05, 3.63) is 46.2 Å². The summed E-state index contributed by atoms with van der Waals surface area (Å²) in [4.78, 5) is 17.0. The van der Waals surface area contributed by atoms with E-state index in [-0.39, 0.29) is 24.9 Å². The molecule has 1 amide bonds. The molecular formula is C16H17FN2O3S. The lowest BCUT2D eigenvalue weighted by molar-refractivity contribution is 0.0846. The normalized spacial score (nSPS) is 15.2. The van der Waals surface area contributed by atoms with Gasteiger partial charge in [-0.3, -0.25) is 4.79 Å². The number of benzene rings is 1. The summed E-state index contributed by atoms with van der Waals surface area (Å²) in [5.41, 5.74) is 2.54. The lowest BCUT2D eigenvalue weighted by Crippen LogP contribution is -2.35. The fraction of sp³-hybridized carbons (Fsp3) is 0.375. The predicted octanol–water partition coefficient (Wildman–Crippen LogP) is 2.33. The van der Waals surface area contributed by atoms with Crippen molar-refractivity contribution >= 4 is 17.2 Å². The maximum Gasteiger partial charge on any atom is 0.263 e. The first kappa shape index (κ1) is 15.9. The second kappa shape index (κ2) is 7.06. The molecule has 122 valence electrons. The van der Waals surface area contributed by atoms with Crippen LogP contribution in [0.25, 0.3) is 0 Å². The zero-order valence-electron chi connectivity index (χ0n) is 12.4. The molecule has 3 rings (SSSR count). The van der Waals surface area contributed by atoms with Gasteiger partial charge in [-0.1, -0.05) is 0 Å². The Bertz CT molecular complexity index is 670. The van der Waals surface area contributed by atoms with Crippen molar-refractivity contribution in [2.45, 2.75) is 24.9 Å². The van der Waals surface area contributed by atoms with Gasteiger partial charge in [0.25, 0.3) is 5.91 Å². The molecule has 5 nitrogen and oxygen atoms in total. The van der Waals surface area contributed by atoms with Crippen LogP contribution in [0.4, 0.5) is 4.39 Å². The quantitative estimate of drug-likeness (QED) is 0.814. The van der Waals surface area contributed by atoms with Crippen LogP contribution in [-0.4, -0.2) is 35.3 Å². The summed E-state index contributed by atoms with van der Waals surface area (Å²) < 4.78 is 18.1. The van der Waals surface area contributed by atoms with Gasteiger partial charge >= 0.3 is 0 Å². The molecule has 0 bridgehead atoms. The van der Waals surface area contributed by atoms with Gasteiger partial charge in [-0.15, -0.1) is 11.3 Å². The maximum atomic E-state index is 12.8. The van der Waals surface area contributed by atoms with Gasteiger partial charge in [-0.05, 0) is 37.1 Å². The number of aromatic nitrogens is 1. The molecule has 1 aliphatic carbocycles. The van der Waals surface area contributed by atoms with Crippen molar-refractivity contribution in [1.82, 2.24) is 10.3 Å². The number of nitrogens with zero attached hydrogens (tertiary/aromatic N) is 1. The van der Waals surface area contributed by atoms with Crippen LogP contribution in [0.3, 0.4) is 0 Å². The standard InChI is InChI=1S/C16H17FN2O3S/c17-11-3-5-13(6-4-11)22-8-12(20)7-18-16(21)15-14(10-1-2-10)19-9-23-15/h3-6,9-10,12,20H,1-2,7-8H2,(H,18,21). The molecule has 1 unspecified atom stereocenters. The molecule has 1 heterocycles. The fourth-order valence-electron chi connectivity index (χ4n) is 2.15. The largest absolute Gasteiger partial charge is 0.491 e. The predicted molar refractivity (Wildman–Crippen MR) is 84.3 cm³/mol. The van der Waals surface area contributed by atoms with Crippen molar-refractivity contribution in [1.29, 1.82) is 0 Å². The Balaban J connectivity index is 1.44. The number of halogens is 1. The van der Waals surface area contributed by atoms with Crippen molar-refractivity contribution in [3.8, 4) is 5.75 Å². The highest BCUT2D eigenvalue weighted by molar-refractivity contribution is 7.11. The first-order valence-electron chi connectivity index (χ1n) is 7.41. The molecule has 1 saturated carbocycles. The molecule has 1 aliphatic rings. The number of thiazole rings is 1. The van der Waals surface area contributed by atoms with Gasteiger partial charge in [0.1, 0.15) is 29.2 Å². The molecule has 0 spiro atoms. The maximum absolute atomic E-state index is 12.8. The van der Waals surface area contributed by atoms with Gasteiger partial charge < -0.3 is 15.2 Å². The summed E-state index contributed by atoms with van der Waals surface area (Å²) in [6.07, 6.45) is 1.32. The van der Waals surface area contributed by atoms with E-state index >= 15 is 0 Å². The Labute approximate surface area is 137 Å². The summed E-state index contributed by atoms with van der Waals surface area (Å²) >= 11 is 1.32. The van der Waals surface area contributed by atoms with E-state index in [1.165, 1.54) is 35.6 Å². The van der Waals surface area contributed by atoms with E-state index in [2.05, 4.69) is 10.3 Å². The van der Waals surface area contributed by atoms with Crippen LogP contribution in [0.5, 0.6) is 5.75 Å². The molecule has 1 aromatic carbocycles. The van der Waals surface area contributed by atoms with Crippen LogP contribution in [-0.2, 0) is 0 Å². The molecule has 0 aliphatic heterocycles. The number of rotatable bonds is 7. The average Bonchev–Trinajstić information content (AvgIpc) is 3.28. The average molecular weight is 336 g/mol. The van der Waals surface area contributed by atoms with E-state index in [4.69, 9.17) is 4.74 Å². The van der Waals surface area contributed by atoms with E-state index in [0.717, 1.165) is 18.5 Å². The second-order valence-electron chi connectivity index (χ2n) is 5.47. The molecule has 2 N–H and O–H groups in total. The number of amides is 1. The van der Waals surface area contributed by atoms with Crippen LogP contribution in [0.1, 0.15) is 34.1 Å². The summed E-state index contributed by atoms with van der Waals surface area (Å²) in [5.74, 6) is 0.320.